The second-order valence-corrected chi connectivity index (χ2v) is 5.94. The van der Waals surface area contributed by atoms with Crippen LogP contribution in [-0.4, -0.2) is 23.8 Å². The highest BCUT2D eigenvalue weighted by Gasteiger charge is 2.40. The molecule has 0 unspecified atom stereocenters. The summed E-state index contributed by atoms with van der Waals surface area (Å²) in [5.74, 6) is 0.0889. The molecule has 4 nitrogen and oxygen atoms in total. The summed E-state index contributed by atoms with van der Waals surface area (Å²) in [5, 5.41) is 0. The minimum absolute atomic E-state index is 0.156. The van der Waals surface area contributed by atoms with Crippen LogP contribution in [0.3, 0.4) is 0 Å². The summed E-state index contributed by atoms with van der Waals surface area (Å²) in [6.45, 7) is 4.30. The standard InChI is InChI=1S/C19H19NO3/c1-12(2)14-9-10-15(23-3)17-16(14)18(21)20(19(17)22)11-13-7-5-4-6-8-13/h4-10,12H,11H2,1-3H3. The molecule has 0 spiro atoms. The maximum atomic E-state index is 12.9. The van der Waals surface area contributed by atoms with Crippen LogP contribution in [0.1, 0.15) is 51.6 Å². The largest absolute Gasteiger partial charge is 0.496 e. The Labute approximate surface area is 135 Å². The first kappa shape index (κ1) is 15.3. The minimum atomic E-state index is -0.284. The average Bonchev–Trinajstić information content (AvgIpc) is 2.80. The molecule has 0 aromatic heterocycles. The molecule has 118 valence electrons. The van der Waals surface area contributed by atoms with Gasteiger partial charge in [0.15, 0.2) is 0 Å². The van der Waals surface area contributed by atoms with Gasteiger partial charge in [-0.25, -0.2) is 0 Å². The molecule has 0 atom stereocenters. The predicted octanol–water partition coefficient (Wildman–Crippen LogP) is 3.61. The summed E-state index contributed by atoms with van der Waals surface area (Å²) < 4.78 is 5.31. The number of carbonyl (C=O) groups is 2. The lowest BCUT2D eigenvalue weighted by molar-refractivity contribution is 0.0641. The fourth-order valence-electron chi connectivity index (χ4n) is 2.97. The topological polar surface area (TPSA) is 46.6 Å². The molecular weight excluding hydrogens is 290 g/mol. The molecule has 2 aromatic rings. The van der Waals surface area contributed by atoms with Crippen LogP contribution in [0.25, 0.3) is 0 Å². The van der Waals surface area contributed by atoms with Gasteiger partial charge in [0.1, 0.15) is 5.75 Å². The minimum Gasteiger partial charge on any atom is -0.496 e. The number of benzene rings is 2. The third-order valence-electron chi connectivity index (χ3n) is 4.14. The van der Waals surface area contributed by atoms with E-state index in [-0.39, 0.29) is 24.3 Å². The van der Waals surface area contributed by atoms with Gasteiger partial charge in [0.25, 0.3) is 11.8 Å². The van der Waals surface area contributed by atoms with E-state index in [1.54, 1.807) is 6.07 Å². The molecule has 0 bridgehead atoms. The summed E-state index contributed by atoms with van der Waals surface area (Å²) in [6, 6.07) is 13.2. The van der Waals surface area contributed by atoms with E-state index in [9.17, 15) is 9.59 Å². The molecule has 2 aromatic carbocycles. The Morgan fingerprint density at radius 2 is 1.61 bits per heavy atom. The molecule has 1 aliphatic heterocycles. The second-order valence-electron chi connectivity index (χ2n) is 5.94. The maximum Gasteiger partial charge on any atom is 0.265 e. The number of carbonyl (C=O) groups excluding carboxylic acids is 2. The van der Waals surface area contributed by atoms with E-state index in [1.807, 2.05) is 50.2 Å². The van der Waals surface area contributed by atoms with Crippen LogP contribution < -0.4 is 4.74 Å². The molecule has 3 rings (SSSR count). The number of ether oxygens (including phenoxy) is 1. The van der Waals surface area contributed by atoms with Crippen molar-refractivity contribution in [2.75, 3.05) is 7.11 Å². The zero-order chi connectivity index (χ0) is 16.6. The van der Waals surface area contributed by atoms with Gasteiger partial charge in [-0.3, -0.25) is 14.5 Å². The molecular formula is C19H19NO3. The molecule has 23 heavy (non-hydrogen) atoms. The smallest absolute Gasteiger partial charge is 0.265 e. The maximum absolute atomic E-state index is 12.9. The van der Waals surface area contributed by atoms with Crippen molar-refractivity contribution >= 4 is 11.8 Å². The first-order valence-corrected chi connectivity index (χ1v) is 7.65. The summed E-state index contributed by atoms with van der Waals surface area (Å²) in [6.07, 6.45) is 0. The van der Waals surface area contributed by atoms with Crippen molar-refractivity contribution < 1.29 is 14.3 Å². The van der Waals surface area contributed by atoms with Crippen LogP contribution in [0.5, 0.6) is 5.75 Å². The van der Waals surface area contributed by atoms with E-state index in [0.717, 1.165) is 11.1 Å². The lowest BCUT2D eigenvalue weighted by Crippen LogP contribution is -2.29. The summed E-state index contributed by atoms with van der Waals surface area (Å²) >= 11 is 0. The fourth-order valence-corrected chi connectivity index (χ4v) is 2.97. The molecule has 0 saturated heterocycles. The van der Waals surface area contributed by atoms with Crippen molar-refractivity contribution in [3.05, 3.63) is 64.7 Å². The SMILES string of the molecule is COc1ccc(C(C)C)c2c1C(=O)N(Cc1ccccc1)C2=O. The molecule has 0 radical (unpaired) electrons. The number of rotatable bonds is 4. The molecule has 2 amide bonds. The number of hydrogen-bond acceptors (Lipinski definition) is 3. The molecule has 0 saturated carbocycles. The molecule has 0 N–H and O–H groups in total. The lowest BCUT2D eigenvalue weighted by atomic mass is 9.94. The zero-order valence-corrected chi connectivity index (χ0v) is 13.5. The van der Waals surface area contributed by atoms with Crippen LogP contribution in [0.2, 0.25) is 0 Å². The van der Waals surface area contributed by atoms with Gasteiger partial charge in [0.2, 0.25) is 0 Å². The molecule has 0 aliphatic carbocycles. The highest BCUT2D eigenvalue weighted by atomic mass is 16.5. The first-order valence-electron chi connectivity index (χ1n) is 7.65. The Bertz CT molecular complexity index is 766. The van der Waals surface area contributed by atoms with Gasteiger partial charge in [-0.2, -0.15) is 0 Å². The van der Waals surface area contributed by atoms with Gasteiger partial charge in [-0.05, 0) is 23.1 Å². The van der Waals surface area contributed by atoms with Crippen molar-refractivity contribution in [3.63, 3.8) is 0 Å². The van der Waals surface area contributed by atoms with Gasteiger partial charge in [-0.15, -0.1) is 0 Å². The van der Waals surface area contributed by atoms with E-state index in [2.05, 4.69) is 0 Å². The van der Waals surface area contributed by atoms with Crippen molar-refractivity contribution in [1.29, 1.82) is 0 Å². The Kier molecular flexibility index (Phi) is 3.90. The predicted molar refractivity (Wildman–Crippen MR) is 87.7 cm³/mol. The van der Waals surface area contributed by atoms with E-state index in [4.69, 9.17) is 4.74 Å². The van der Waals surface area contributed by atoms with Crippen LogP contribution >= 0.6 is 0 Å². The van der Waals surface area contributed by atoms with Crippen LogP contribution in [0.4, 0.5) is 0 Å². The number of methoxy groups -OCH3 is 1. The summed E-state index contributed by atoms with van der Waals surface area (Å²) in [4.78, 5) is 26.9. The Balaban J connectivity index is 2.07. The quantitative estimate of drug-likeness (QED) is 0.810. The summed E-state index contributed by atoms with van der Waals surface area (Å²) in [7, 11) is 1.52. The highest BCUT2D eigenvalue weighted by molar-refractivity contribution is 6.23. The van der Waals surface area contributed by atoms with Gasteiger partial charge >= 0.3 is 0 Å². The number of hydrogen-bond donors (Lipinski definition) is 0. The molecule has 1 aliphatic rings. The average molecular weight is 309 g/mol. The van der Waals surface area contributed by atoms with Crippen LogP contribution in [0, 0.1) is 0 Å². The van der Waals surface area contributed by atoms with Gasteiger partial charge in [0, 0.05) is 0 Å². The van der Waals surface area contributed by atoms with E-state index in [1.165, 1.54) is 12.0 Å². The Morgan fingerprint density at radius 3 is 2.22 bits per heavy atom. The molecule has 1 heterocycles. The van der Waals surface area contributed by atoms with E-state index < -0.39 is 0 Å². The van der Waals surface area contributed by atoms with Crippen molar-refractivity contribution in [3.8, 4) is 5.75 Å². The van der Waals surface area contributed by atoms with Gasteiger partial charge in [-0.1, -0.05) is 50.2 Å². The van der Waals surface area contributed by atoms with Crippen molar-refractivity contribution in [2.45, 2.75) is 26.3 Å². The van der Waals surface area contributed by atoms with Gasteiger partial charge < -0.3 is 4.74 Å². The third kappa shape index (κ3) is 2.50. The lowest BCUT2D eigenvalue weighted by Gasteiger charge is -2.14. The normalized spacial score (nSPS) is 13.7. The Hall–Kier alpha value is -2.62. The number of nitrogens with zero attached hydrogens (tertiary/aromatic N) is 1. The van der Waals surface area contributed by atoms with Crippen LogP contribution in [-0.2, 0) is 6.54 Å². The molecule has 0 fully saturated rings. The second kappa shape index (κ2) is 5.88. The zero-order valence-electron chi connectivity index (χ0n) is 13.5. The van der Waals surface area contributed by atoms with Crippen molar-refractivity contribution in [1.82, 2.24) is 4.90 Å². The highest BCUT2D eigenvalue weighted by Crippen LogP contribution is 2.36. The molecule has 4 heteroatoms. The number of imide groups is 1. The Morgan fingerprint density at radius 1 is 0.957 bits per heavy atom. The first-order chi connectivity index (χ1) is 11.0. The van der Waals surface area contributed by atoms with Crippen molar-refractivity contribution in [2.24, 2.45) is 0 Å². The van der Waals surface area contributed by atoms with E-state index in [0.29, 0.717) is 16.9 Å². The van der Waals surface area contributed by atoms with E-state index >= 15 is 0 Å². The van der Waals surface area contributed by atoms with Gasteiger partial charge in [0.05, 0.1) is 24.8 Å². The number of amides is 2. The third-order valence-corrected chi connectivity index (χ3v) is 4.14. The summed E-state index contributed by atoms with van der Waals surface area (Å²) in [5.41, 5.74) is 2.68. The monoisotopic (exact) mass is 309 g/mol. The number of fused-ring (bicyclic) bond motifs is 1. The van der Waals surface area contributed by atoms with Crippen LogP contribution in [0.15, 0.2) is 42.5 Å². The fraction of sp³-hybridized carbons (Fsp3) is 0.263.